The van der Waals surface area contributed by atoms with E-state index in [9.17, 15) is 4.79 Å². The molecule has 1 fully saturated rings. The Hall–Kier alpha value is -1.10. The molecule has 1 aliphatic rings. The summed E-state index contributed by atoms with van der Waals surface area (Å²) in [6, 6.07) is 0. The number of aromatic nitrogens is 2. The molecule has 0 aromatic carbocycles. The summed E-state index contributed by atoms with van der Waals surface area (Å²) >= 11 is 0. The summed E-state index contributed by atoms with van der Waals surface area (Å²) in [6.45, 7) is 5.04. The van der Waals surface area contributed by atoms with E-state index in [-0.39, 0.29) is 5.92 Å². The Kier molecular flexibility index (Phi) is 3.14. The molecular weight excluding hydrogens is 206 g/mol. The number of H-pyrrole nitrogens is 1. The molecule has 2 rings (SSSR count). The Morgan fingerprint density at radius 1 is 1.50 bits per heavy atom. The van der Waals surface area contributed by atoms with Crippen LogP contribution in [-0.2, 0) is 0 Å². The van der Waals surface area contributed by atoms with Crippen LogP contribution >= 0.6 is 0 Å². The van der Waals surface area contributed by atoms with Crippen LogP contribution in [0.1, 0.15) is 38.4 Å². The molecule has 16 heavy (non-hydrogen) atoms. The van der Waals surface area contributed by atoms with Crippen LogP contribution in [0.2, 0.25) is 0 Å². The smallest absolute Gasteiger partial charge is 0.330 e. The van der Waals surface area contributed by atoms with Gasteiger partial charge in [-0.05, 0) is 30.6 Å². The number of hydrogen-bond acceptors (Lipinski definition) is 4. The first kappa shape index (κ1) is 11.4. The van der Waals surface area contributed by atoms with Gasteiger partial charge in [0, 0.05) is 12.5 Å². The number of nitrogens with two attached hydrogens (primary N) is 1. The van der Waals surface area contributed by atoms with Gasteiger partial charge >= 0.3 is 5.76 Å². The van der Waals surface area contributed by atoms with Gasteiger partial charge in [-0.2, -0.15) is 0 Å². The lowest BCUT2D eigenvalue weighted by Gasteiger charge is -2.18. The van der Waals surface area contributed by atoms with Crippen LogP contribution in [0.15, 0.2) is 9.32 Å². The first-order chi connectivity index (χ1) is 7.61. The van der Waals surface area contributed by atoms with Crippen molar-refractivity contribution >= 4 is 0 Å². The summed E-state index contributed by atoms with van der Waals surface area (Å²) in [5.41, 5.74) is 5.78. The third-order valence-corrected chi connectivity index (χ3v) is 3.95. The molecule has 0 amide bonds. The third kappa shape index (κ3) is 2.04. The third-order valence-electron chi connectivity index (χ3n) is 3.95. The van der Waals surface area contributed by atoms with Gasteiger partial charge in [0.2, 0.25) is 0 Å². The highest BCUT2D eigenvalue weighted by Crippen LogP contribution is 2.42. The lowest BCUT2D eigenvalue weighted by molar-refractivity contribution is 0.356. The number of nitrogens with zero attached hydrogens (tertiary/aromatic N) is 1. The topological polar surface area (TPSA) is 84.9 Å². The fraction of sp³-hybridized carbons (Fsp3) is 0.818. The first-order valence-corrected chi connectivity index (χ1v) is 5.87. The molecule has 0 radical (unpaired) electrons. The van der Waals surface area contributed by atoms with Gasteiger partial charge in [-0.3, -0.25) is 9.51 Å². The molecule has 1 heterocycles. The van der Waals surface area contributed by atoms with Crippen LogP contribution in [0, 0.1) is 17.8 Å². The second-order valence-electron chi connectivity index (χ2n) is 5.01. The Balaban J connectivity index is 2.15. The fourth-order valence-corrected chi connectivity index (χ4v) is 2.77. The molecule has 1 aromatic heterocycles. The van der Waals surface area contributed by atoms with Crippen molar-refractivity contribution in [3.63, 3.8) is 0 Å². The van der Waals surface area contributed by atoms with Crippen molar-refractivity contribution in [2.24, 2.45) is 23.5 Å². The monoisotopic (exact) mass is 225 g/mol. The van der Waals surface area contributed by atoms with Crippen molar-refractivity contribution in [3.05, 3.63) is 16.4 Å². The van der Waals surface area contributed by atoms with Crippen molar-refractivity contribution < 1.29 is 4.52 Å². The van der Waals surface area contributed by atoms with Gasteiger partial charge in [-0.25, -0.2) is 4.79 Å². The number of hydrogen-bond donors (Lipinski definition) is 2. The normalized spacial score (nSPS) is 28.4. The molecule has 5 heteroatoms. The van der Waals surface area contributed by atoms with Crippen molar-refractivity contribution in [2.45, 2.75) is 32.6 Å². The minimum atomic E-state index is -0.493. The highest BCUT2D eigenvalue weighted by atomic mass is 16.5. The zero-order valence-electron chi connectivity index (χ0n) is 9.77. The van der Waals surface area contributed by atoms with E-state index >= 15 is 0 Å². The highest BCUT2D eigenvalue weighted by molar-refractivity contribution is 4.99. The minimum Gasteiger partial charge on any atom is -0.330 e. The van der Waals surface area contributed by atoms with Crippen molar-refractivity contribution in [2.75, 3.05) is 6.54 Å². The Bertz CT molecular complexity index is 388. The molecular formula is C11H19N3O2. The highest BCUT2D eigenvalue weighted by Gasteiger charge is 2.35. The lowest BCUT2D eigenvalue weighted by Crippen LogP contribution is -2.22. The molecule has 1 aromatic rings. The quantitative estimate of drug-likeness (QED) is 0.806. The van der Waals surface area contributed by atoms with E-state index in [0.29, 0.717) is 18.3 Å². The standard InChI is InChI=1S/C11H19N3O2/c1-6-3-8(4-7(6)2)9(5-12)10-13-11(15)16-14-10/h6-9H,3-5,12H2,1-2H3,(H,13,14,15)/t6-,7-,9?/m0/s1. The summed E-state index contributed by atoms with van der Waals surface area (Å²) in [5, 5.41) is 3.76. The average Bonchev–Trinajstić information content (AvgIpc) is 2.77. The number of nitrogens with one attached hydrogen (secondary N) is 1. The molecule has 0 bridgehead atoms. The average molecular weight is 225 g/mol. The van der Waals surface area contributed by atoms with Crippen LogP contribution < -0.4 is 11.5 Å². The minimum absolute atomic E-state index is 0.124. The molecule has 0 saturated heterocycles. The predicted molar refractivity (Wildman–Crippen MR) is 60.0 cm³/mol. The summed E-state index contributed by atoms with van der Waals surface area (Å²) in [7, 11) is 0. The van der Waals surface area contributed by atoms with Crippen LogP contribution in [0.25, 0.3) is 0 Å². The second-order valence-corrected chi connectivity index (χ2v) is 5.01. The summed E-state index contributed by atoms with van der Waals surface area (Å²) in [6.07, 6.45) is 2.30. The zero-order chi connectivity index (χ0) is 11.7. The van der Waals surface area contributed by atoms with Gasteiger partial charge in [0.25, 0.3) is 0 Å². The van der Waals surface area contributed by atoms with E-state index in [2.05, 4.69) is 28.5 Å². The fourth-order valence-electron chi connectivity index (χ4n) is 2.77. The first-order valence-electron chi connectivity index (χ1n) is 5.87. The number of rotatable bonds is 3. The van der Waals surface area contributed by atoms with Crippen molar-refractivity contribution in [3.8, 4) is 0 Å². The van der Waals surface area contributed by atoms with E-state index in [1.165, 1.54) is 0 Å². The maximum Gasteiger partial charge on any atom is 0.438 e. The molecule has 0 aliphatic heterocycles. The van der Waals surface area contributed by atoms with Gasteiger partial charge in [0.15, 0.2) is 5.82 Å². The lowest BCUT2D eigenvalue weighted by atomic mass is 9.89. The molecule has 0 spiro atoms. The molecule has 3 atom stereocenters. The summed E-state index contributed by atoms with van der Waals surface area (Å²) in [5.74, 6) is 2.19. The van der Waals surface area contributed by atoms with Crippen LogP contribution in [0.5, 0.6) is 0 Å². The van der Waals surface area contributed by atoms with Gasteiger partial charge in [0.1, 0.15) is 0 Å². The van der Waals surface area contributed by atoms with Crippen LogP contribution in [-0.4, -0.2) is 16.7 Å². The molecule has 1 unspecified atom stereocenters. The second kappa shape index (κ2) is 4.41. The number of aromatic amines is 1. The van der Waals surface area contributed by atoms with E-state index in [4.69, 9.17) is 5.73 Å². The van der Waals surface area contributed by atoms with Crippen molar-refractivity contribution in [1.82, 2.24) is 10.1 Å². The van der Waals surface area contributed by atoms with Gasteiger partial charge in [-0.15, -0.1) is 0 Å². The van der Waals surface area contributed by atoms with E-state index in [1.807, 2.05) is 0 Å². The molecule has 90 valence electrons. The van der Waals surface area contributed by atoms with Gasteiger partial charge in [0.05, 0.1) is 0 Å². The Morgan fingerprint density at radius 2 is 2.12 bits per heavy atom. The van der Waals surface area contributed by atoms with Crippen molar-refractivity contribution in [1.29, 1.82) is 0 Å². The largest absolute Gasteiger partial charge is 0.438 e. The Morgan fingerprint density at radius 3 is 2.56 bits per heavy atom. The zero-order valence-corrected chi connectivity index (χ0v) is 9.77. The van der Waals surface area contributed by atoms with E-state index in [1.54, 1.807) is 0 Å². The summed E-state index contributed by atoms with van der Waals surface area (Å²) in [4.78, 5) is 13.5. The maximum absolute atomic E-state index is 10.9. The Labute approximate surface area is 94.4 Å². The summed E-state index contributed by atoms with van der Waals surface area (Å²) < 4.78 is 4.54. The maximum atomic E-state index is 10.9. The predicted octanol–water partition coefficient (Wildman–Crippen LogP) is 1.09. The van der Waals surface area contributed by atoms with Crippen LogP contribution in [0.3, 0.4) is 0 Å². The van der Waals surface area contributed by atoms with Gasteiger partial charge in [-0.1, -0.05) is 19.0 Å². The van der Waals surface area contributed by atoms with E-state index < -0.39 is 5.76 Å². The molecule has 1 aliphatic carbocycles. The van der Waals surface area contributed by atoms with Gasteiger partial charge < -0.3 is 5.73 Å². The van der Waals surface area contributed by atoms with E-state index in [0.717, 1.165) is 24.7 Å². The molecule has 1 saturated carbocycles. The molecule has 3 N–H and O–H groups in total. The van der Waals surface area contributed by atoms with Crippen LogP contribution in [0.4, 0.5) is 0 Å². The molecule has 5 nitrogen and oxygen atoms in total. The SMILES string of the molecule is C[C@H]1CC(C(CN)c2noc(=O)[nH]2)C[C@@H]1C.